The fourth-order valence-corrected chi connectivity index (χ4v) is 4.58. The SMILES string of the molecule is COc1cc([C@@H]2Sc3ccccc3NC3=C2C(=O)OC3)cc(OC)c1OC. The molecule has 27 heavy (non-hydrogen) atoms. The van der Waals surface area contributed by atoms with Crippen LogP contribution in [0.1, 0.15) is 10.8 Å². The van der Waals surface area contributed by atoms with E-state index in [0.29, 0.717) is 22.8 Å². The first-order valence-electron chi connectivity index (χ1n) is 8.39. The average molecular weight is 385 g/mol. The topological polar surface area (TPSA) is 66.0 Å². The van der Waals surface area contributed by atoms with Gasteiger partial charge in [-0.25, -0.2) is 4.79 Å². The van der Waals surface area contributed by atoms with E-state index in [2.05, 4.69) is 5.32 Å². The van der Waals surface area contributed by atoms with E-state index < -0.39 is 0 Å². The van der Waals surface area contributed by atoms with Gasteiger partial charge in [-0.3, -0.25) is 0 Å². The van der Waals surface area contributed by atoms with E-state index >= 15 is 0 Å². The monoisotopic (exact) mass is 385 g/mol. The van der Waals surface area contributed by atoms with Gasteiger partial charge in [-0.05, 0) is 29.8 Å². The Morgan fingerprint density at radius 2 is 1.78 bits per heavy atom. The summed E-state index contributed by atoms with van der Waals surface area (Å²) in [5.41, 5.74) is 3.24. The molecule has 0 unspecified atom stereocenters. The molecule has 0 fully saturated rings. The van der Waals surface area contributed by atoms with E-state index in [1.165, 1.54) is 0 Å². The minimum absolute atomic E-state index is 0.240. The molecule has 0 radical (unpaired) electrons. The summed E-state index contributed by atoms with van der Waals surface area (Å²) < 4.78 is 21.7. The third kappa shape index (κ3) is 2.98. The number of methoxy groups -OCH3 is 3. The number of anilines is 1. The van der Waals surface area contributed by atoms with Gasteiger partial charge < -0.3 is 24.3 Å². The molecule has 0 aromatic heterocycles. The number of rotatable bonds is 4. The minimum Gasteiger partial charge on any atom is -0.493 e. The van der Waals surface area contributed by atoms with Crippen molar-refractivity contribution in [2.45, 2.75) is 10.1 Å². The summed E-state index contributed by atoms with van der Waals surface area (Å²) in [6.45, 7) is 0.240. The number of esters is 1. The van der Waals surface area contributed by atoms with Crippen LogP contribution in [0.15, 0.2) is 52.6 Å². The average Bonchev–Trinajstić information content (AvgIpc) is 2.96. The smallest absolute Gasteiger partial charge is 0.337 e. The minimum atomic E-state index is -0.309. The van der Waals surface area contributed by atoms with Gasteiger partial charge in [-0.2, -0.15) is 0 Å². The number of fused-ring (bicyclic) bond motifs is 1. The van der Waals surface area contributed by atoms with E-state index in [9.17, 15) is 4.79 Å². The molecule has 2 heterocycles. The molecule has 0 aliphatic carbocycles. The summed E-state index contributed by atoms with van der Waals surface area (Å²) in [6.07, 6.45) is 0. The van der Waals surface area contributed by atoms with E-state index in [0.717, 1.165) is 21.8 Å². The Kier molecular flexibility index (Phi) is 4.61. The highest BCUT2D eigenvalue weighted by molar-refractivity contribution is 8.00. The molecule has 1 atom stereocenters. The second kappa shape index (κ2) is 7.08. The highest BCUT2D eigenvalue weighted by Gasteiger charge is 2.37. The molecule has 2 aromatic rings. The van der Waals surface area contributed by atoms with Gasteiger partial charge in [0.2, 0.25) is 5.75 Å². The normalized spacial score (nSPS) is 18.0. The van der Waals surface area contributed by atoms with Gasteiger partial charge in [-0.1, -0.05) is 12.1 Å². The van der Waals surface area contributed by atoms with Gasteiger partial charge >= 0.3 is 5.97 Å². The Bertz CT molecular complexity index is 915. The zero-order chi connectivity index (χ0) is 19.0. The Balaban J connectivity index is 1.88. The maximum atomic E-state index is 12.5. The maximum absolute atomic E-state index is 12.5. The summed E-state index contributed by atoms with van der Waals surface area (Å²) in [7, 11) is 4.72. The van der Waals surface area contributed by atoms with E-state index in [1.54, 1.807) is 33.1 Å². The van der Waals surface area contributed by atoms with Crippen LogP contribution in [0.3, 0.4) is 0 Å². The summed E-state index contributed by atoms with van der Waals surface area (Å²) >= 11 is 1.59. The van der Waals surface area contributed by atoms with Gasteiger partial charge in [0, 0.05) is 4.90 Å². The molecular weight excluding hydrogens is 366 g/mol. The zero-order valence-corrected chi connectivity index (χ0v) is 16.0. The fraction of sp³-hybridized carbons (Fsp3) is 0.250. The summed E-state index contributed by atoms with van der Waals surface area (Å²) in [5, 5.41) is 3.09. The quantitative estimate of drug-likeness (QED) is 0.804. The number of carbonyl (C=O) groups is 1. The molecule has 0 amide bonds. The molecule has 2 aliphatic heterocycles. The molecule has 0 saturated carbocycles. The highest BCUT2D eigenvalue weighted by atomic mass is 32.2. The molecule has 7 heteroatoms. The van der Waals surface area contributed by atoms with E-state index in [-0.39, 0.29) is 17.8 Å². The van der Waals surface area contributed by atoms with Crippen LogP contribution in [0.4, 0.5) is 5.69 Å². The number of benzene rings is 2. The van der Waals surface area contributed by atoms with Gasteiger partial charge in [-0.15, -0.1) is 11.8 Å². The van der Waals surface area contributed by atoms with Crippen molar-refractivity contribution in [3.8, 4) is 17.2 Å². The fourth-order valence-electron chi connectivity index (χ4n) is 3.29. The van der Waals surface area contributed by atoms with Crippen molar-refractivity contribution in [2.24, 2.45) is 0 Å². The van der Waals surface area contributed by atoms with Gasteiger partial charge in [0.15, 0.2) is 11.5 Å². The molecule has 140 valence electrons. The molecule has 2 aromatic carbocycles. The van der Waals surface area contributed by atoms with Crippen LogP contribution in [-0.2, 0) is 9.53 Å². The lowest BCUT2D eigenvalue weighted by molar-refractivity contribution is -0.136. The highest BCUT2D eigenvalue weighted by Crippen LogP contribution is 2.51. The van der Waals surface area contributed by atoms with Crippen LogP contribution in [-0.4, -0.2) is 33.9 Å². The van der Waals surface area contributed by atoms with Crippen LogP contribution < -0.4 is 19.5 Å². The first-order chi connectivity index (χ1) is 13.2. The van der Waals surface area contributed by atoms with Crippen molar-refractivity contribution in [3.05, 3.63) is 53.2 Å². The van der Waals surface area contributed by atoms with E-state index in [4.69, 9.17) is 18.9 Å². The molecule has 2 aliphatic rings. The first-order valence-corrected chi connectivity index (χ1v) is 9.27. The van der Waals surface area contributed by atoms with Crippen molar-refractivity contribution in [2.75, 3.05) is 33.3 Å². The Hall–Kier alpha value is -2.80. The number of carbonyl (C=O) groups excluding carboxylic acids is 1. The van der Waals surface area contributed by atoms with Gasteiger partial charge in [0.25, 0.3) is 0 Å². The Labute approximate surface area is 161 Å². The van der Waals surface area contributed by atoms with Crippen molar-refractivity contribution < 1.29 is 23.7 Å². The lowest BCUT2D eigenvalue weighted by Crippen LogP contribution is -2.09. The predicted octanol–water partition coefficient (Wildman–Crippen LogP) is 3.78. The molecule has 0 spiro atoms. The number of thioether (sulfide) groups is 1. The largest absolute Gasteiger partial charge is 0.493 e. The van der Waals surface area contributed by atoms with Crippen LogP contribution in [0.25, 0.3) is 0 Å². The number of nitrogens with one attached hydrogen (secondary N) is 1. The summed E-state index contributed by atoms with van der Waals surface area (Å²) in [6, 6.07) is 11.7. The standard InChI is InChI=1S/C20H19NO5S/c1-23-14-8-11(9-15(24-2)18(14)25-3)19-17-13(10-26-20(17)22)21-12-6-4-5-7-16(12)27-19/h4-9,19,21H,10H2,1-3H3/t19-/m0/s1. The zero-order valence-electron chi connectivity index (χ0n) is 15.2. The van der Waals surface area contributed by atoms with Crippen molar-refractivity contribution in [1.29, 1.82) is 0 Å². The predicted molar refractivity (Wildman–Crippen MR) is 103 cm³/mol. The first kappa shape index (κ1) is 17.6. The molecule has 0 saturated heterocycles. The lowest BCUT2D eigenvalue weighted by atomic mass is 10.0. The van der Waals surface area contributed by atoms with Gasteiger partial charge in [0.1, 0.15) is 6.61 Å². The van der Waals surface area contributed by atoms with Crippen molar-refractivity contribution in [1.82, 2.24) is 0 Å². The summed E-state index contributed by atoms with van der Waals surface area (Å²) in [4.78, 5) is 13.6. The van der Waals surface area contributed by atoms with Crippen LogP contribution >= 0.6 is 11.8 Å². The lowest BCUT2D eigenvalue weighted by Gasteiger charge is -2.20. The molecule has 6 nitrogen and oxygen atoms in total. The molecule has 0 bridgehead atoms. The Morgan fingerprint density at radius 3 is 2.44 bits per heavy atom. The second-order valence-electron chi connectivity index (χ2n) is 6.05. The van der Waals surface area contributed by atoms with Crippen LogP contribution in [0.5, 0.6) is 17.2 Å². The van der Waals surface area contributed by atoms with Gasteiger partial charge in [0.05, 0.1) is 43.5 Å². The number of hydrogen-bond acceptors (Lipinski definition) is 7. The second-order valence-corrected chi connectivity index (χ2v) is 7.19. The Morgan fingerprint density at radius 1 is 1.07 bits per heavy atom. The van der Waals surface area contributed by atoms with Crippen LogP contribution in [0.2, 0.25) is 0 Å². The number of cyclic esters (lactones) is 1. The third-order valence-corrected chi connectivity index (χ3v) is 5.92. The number of para-hydroxylation sites is 1. The summed E-state index contributed by atoms with van der Waals surface area (Å²) in [5.74, 6) is 1.30. The molecular formula is C20H19NO5S. The van der Waals surface area contributed by atoms with Crippen molar-refractivity contribution >= 4 is 23.4 Å². The maximum Gasteiger partial charge on any atom is 0.337 e. The van der Waals surface area contributed by atoms with E-state index in [1.807, 2.05) is 36.4 Å². The van der Waals surface area contributed by atoms with Crippen molar-refractivity contribution in [3.63, 3.8) is 0 Å². The number of hydrogen-bond donors (Lipinski definition) is 1. The molecule has 4 rings (SSSR count). The third-order valence-electron chi connectivity index (χ3n) is 4.56. The van der Waals surface area contributed by atoms with Crippen LogP contribution in [0, 0.1) is 0 Å². The molecule has 1 N–H and O–H groups in total. The number of ether oxygens (including phenoxy) is 4.